The van der Waals surface area contributed by atoms with E-state index in [-0.39, 0.29) is 6.10 Å². The van der Waals surface area contributed by atoms with Crippen molar-refractivity contribution in [2.24, 2.45) is 0 Å². The van der Waals surface area contributed by atoms with E-state index in [0.717, 1.165) is 51.3 Å². The van der Waals surface area contributed by atoms with E-state index in [4.69, 9.17) is 4.74 Å². The lowest BCUT2D eigenvalue weighted by Crippen LogP contribution is -2.21. The highest BCUT2D eigenvalue weighted by Gasteiger charge is 2.20. The van der Waals surface area contributed by atoms with Crippen LogP contribution in [0.15, 0.2) is 24.3 Å². The predicted molar refractivity (Wildman–Crippen MR) is 72.7 cm³/mol. The third kappa shape index (κ3) is 3.72. The number of rotatable bonds is 6. The average Bonchev–Trinajstić information content (AvgIpc) is 2.77. The fourth-order valence-corrected chi connectivity index (χ4v) is 2.30. The van der Waals surface area contributed by atoms with Crippen molar-refractivity contribution in [2.45, 2.75) is 38.8 Å². The van der Waals surface area contributed by atoms with Crippen LogP contribution in [-0.2, 0) is 6.54 Å². The molecule has 0 saturated carbocycles. The standard InChI is InChI=1S/C15H23NO2/c1-2-3-10-18-15-7-5-4-6-13(15)11-16-9-8-14(17)12-16/h4-7,14,17H,2-3,8-12H2,1H3/t14-/m0/s1. The molecule has 100 valence electrons. The number of likely N-dealkylation sites (tertiary alicyclic amines) is 1. The number of aliphatic hydroxyl groups excluding tert-OH is 1. The first kappa shape index (κ1) is 13.4. The molecule has 3 nitrogen and oxygen atoms in total. The first-order chi connectivity index (χ1) is 8.79. The Balaban J connectivity index is 1.94. The second kappa shape index (κ2) is 6.76. The largest absolute Gasteiger partial charge is 0.493 e. The third-order valence-corrected chi connectivity index (χ3v) is 3.37. The van der Waals surface area contributed by atoms with Crippen molar-refractivity contribution in [1.82, 2.24) is 4.90 Å². The molecule has 1 fully saturated rings. The summed E-state index contributed by atoms with van der Waals surface area (Å²) in [5.41, 5.74) is 1.22. The number of aliphatic hydroxyl groups is 1. The highest BCUT2D eigenvalue weighted by atomic mass is 16.5. The highest BCUT2D eigenvalue weighted by molar-refractivity contribution is 5.33. The lowest BCUT2D eigenvalue weighted by Gasteiger charge is -2.17. The molecule has 0 radical (unpaired) electrons. The second-order valence-electron chi connectivity index (χ2n) is 4.99. The summed E-state index contributed by atoms with van der Waals surface area (Å²) in [5, 5.41) is 9.55. The summed E-state index contributed by atoms with van der Waals surface area (Å²) in [6.45, 7) is 5.59. The van der Waals surface area contributed by atoms with Crippen LogP contribution >= 0.6 is 0 Å². The van der Waals surface area contributed by atoms with E-state index in [0.29, 0.717) is 0 Å². The first-order valence-corrected chi connectivity index (χ1v) is 6.90. The van der Waals surface area contributed by atoms with E-state index >= 15 is 0 Å². The van der Waals surface area contributed by atoms with Crippen LogP contribution in [0.4, 0.5) is 0 Å². The molecule has 0 unspecified atom stereocenters. The van der Waals surface area contributed by atoms with Crippen LogP contribution in [-0.4, -0.2) is 35.8 Å². The Labute approximate surface area is 109 Å². The maximum absolute atomic E-state index is 9.55. The number of hydrogen-bond acceptors (Lipinski definition) is 3. The van der Waals surface area contributed by atoms with E-state index in [1.807, 2.05) is 12.1 Å². The van der Waals surface area contributed by atoms with Crippen molar-refractivity contribution in [1.29, 1.82) is 0 Å². The minimum atomic E-state index is -0.154. The van der Waals surface area contributed by atoms with Gasteiger partial charge in [-0.2, -0.15) is 0 Å². The first-order valence-electron chi connectivity index (χ1n) is 6.90. The molecular weight excluding hydrogens is 226 g/mol. The minimum Gasteiger partial charge on any atom is -0.493 e. The molecule has 1 N–H and O–H groups in total. The minimum absolute atomic E-state index is 0.154. The monoisotopic (exact) mass is 249 g/mol. The van der Waals surface area contributed by atoms with Gasteiger partial charge in [0.15, 0.2) is 0 Å². The van der Waals surface area contributed by atoms with E-state index in [1.165, 1.54) is 5.56 Å². The van der Waals surface area contributed by atoms with Crippen molar-refractivity contribution < 1.29 is 9.84 Å². The van der Waals surface area contributed by atoms with Gasteiger partial charge >= 0.3 is 0 Å². The molecule has 1 aromatic carbocycles. The molecule has 0 aromatic heterocycles. The van der Waals surface area contributed by atoms with Crippen LogP contribution < -0.4 is 4.74 Å². The van der Waals surface area contributed by atoms with Crippen LogP contribution in [0.5, 0.6) is 5.75 Å². The van der Waals surface area contributed by atoms with Crippen LogP contribution in [0.3, 0.4) is 0 Å². The smallest absolute Gasteiger partial charge is 0.123 e. The van der Waals surface area contributed by atoms with Gasteiger partial charge in [0.05, 0.1) is 12.7 Å². The van der Waals surface area contributed by atoms with Crippen molar-refractivity contribution >= 4 is 0 Å². The van der Waals surface area contributed by atoms with Gasteiger partial charge in [0, 0.05) is 25.2 Å². The molecule has 1 heterocycles. The molecule has 1 aliphatic rings. The van der Waals surface area contributed by atoms with Gasteiger partial charge in [-0.3, -0.25) is 4.90 Å². The number of β-amino-alcohol motifs (C(OH)–C–C–N with tert-alkyl or cyclic N) is 1. The van der Waals surface area contributed by atoms with Gasteiger partial charge in [-0.05, 0) is 18.9 Å². The molecule has 3 heteroatoms. The van der Waals surface area contributed by atoms with E-state index < -0.39 is 0 Å². The quantitative estimate of drug-likeness (QED) is 0.786. The van der Waals surface area contributed by atoms with Crippen molar-refractivity contribution in [2.75, 3.05) is 19.7 Å². The molecule has 0 amide bonds. The molecule has 0 aliphatic carbocycles. The van der Waals surface area contributed by atoms with Crippen molar-refractivity contribution in [3.63, 3.8) is 0 Å². The molecule has 1 aliphatic heterocycles. The summed E-state index contributed by atoms with van der Waals surface area (Å²) in [5.74, 6) is 0.993. The maximum atomic E-state index is 9.55. The molecule has 2 rings (SSSR count). The molecule has 0 bridgehead atoms. The zero-order valence-corrected chi connectivity index (χ0v) is 11.1. The Kier molecular flexibility index (Phi) is 5.02. The second-order valence-corrected chi connectivity index (χ2v) is 4.99. The number of para-hydroxylation sites is 1. The van der Waals surface area contributed by atoms with Gasteiger partial charge in [-0.25, -0.2) is 0 Å². The van der Waals surface area contributed by atoms with E-state index in [9.17, 15) is 5.11 Å². The van der Waals surface area contributed by atoms with Crippen LogP contribution in [0, 0.1) is 0 Å². The van der Waals surface area contributed by atoms with Crippen LogP contribution in [0.25, 0.3) is 0 Å². The Morgan fingerprint density at radius 1 is 1.39 bits per heavy atom. The summed E-state index contributed by atoms with van der Waals surface area (Å²) < 4.78 is 5.83. The molecule has 1 saturated heterocycles. The van der Waals surface area contributed by atoms with Crippen LogP contribution in [0.2, 0.25) is 0 Å². The topological polar surface area (TPSA) is 32.7 Å². The molecule has 0 spiro atoms. The average molecular weight is 249 g/mol. The fourth-order valence-electron chi connectivity index (χ4n) is 2.30. The van der Waals surface area contributed by atoms with Crippen LogP contribution in [0.1, 0.15) is 31.7 Å². The summed E-state index contributed by atoms with van der Waals surface area (Å²) in [6.07, 6.45) is 2.98. The summed E-state index contributed by atoms with van der Waals surface area (Å²) >= 11 is 0. The fraction of sp³-hybridized carbons (Fsp3) is 0.600. The van der Waals surface area contributed by atoms with E-state index in [1.54, 1.807) is 0 Å². The summed E-state index contributed by atoms with van der Waals surface area (Å²) in [7, 11) is 0. The molecular formula is C15H23NO2. The number of nitrogens with zero attached hydrogens (tertiary/aromatic N) is 1. The Bertz CT molecular complexity index is 367. The summed E-state index contributed by atoms with van der Waals surface area (Å²) in [4.78, 5) is 2.28. The Hall–Kier alpha value is -1.06. The molecule has 18 heavy (non-hydrogen) atoms. The Morgan fingerprint density at radius 2 is 2.22 bits per heavy atom. The molecule has 1 aromatic rings. The van der Waals surface area contributed by atoms with Crippen molar-refractivity contribution in [3.8, 4) is 5.75 Å². The van der Waals surface area contributed by atoms with Gasteiger partial charge in [-0.15, -0.1) is 0 Å². The SMILES string of the molecule is CCCCOc1ccccc1CN1CC[C@H](O)C1. The van der Waals surface area contributed by atoms with Gasteiger partial charge in [0.1, 0.15) is 5.75 Å². The number of unbranched alkanes of at least 4 members (excludes halogenated alkanes) is 1. The third-order valence-electron chi connectivity index (χ3n) is 3.37. The zero-order chi connectivity index (χ0) is 12.8. The number of ether oxygens (including phenoxy) is 1. The normalized spacial score (nSPS) is 20.2. The number of hydrogen-bond donors (Lipinski definition) is 1. The van der Waals surface area contributed by atoms with Gasteiger partial charge in [-0.1, -0.05) is 31.5 Å². The number of benzene rings is 1. The maximum Gasteiger partial charge on any atom is 0.123 e. The lowest BCUT2D eigenvalue weighted by atomic mass is 10.2. The van der Waals surface area contributed by atoms with Gasteiger partial charge in [0.2, 0.25) is 0 Å². The Morgan fingerprint density at radius 3 is 2.94 bits per heavy atom. The van der Waals surface area contributed by atoms with Gasteiger partial charge in [0.25, 0.3) is 0 Å². The zero-order valence-electron chi connectivity index (χ0n) is 11.1. The lowest BCUT2D eigenvalue weighted by molar-refractivity contribution is 0.174. The molecule has 1 atom stereocenters. The van der Waals surface area contributed by atoms with E-state index in [2.05, 4.69) is 24.0 Å². The highest BCUT2D eigenvalue weighted by Crippen LogP contribution is 2.22. The van der Waals surface area contributed by atoms with Gasteiger partial charge < -0.3 is 9.84 Å². The predicted octanol–water partition coefficient (Wildman–Crippen LogP) is 2.43. The van der Waals surface area contributed by atoms with Crippen molar-refractivity contribution in [3.05, 3.63) is 29.8 Å². The summed E-state index contributed by atoms with van der Waals surface area (Å²) in [6, 6.07) is 8.22.